The molecule has 0 spiro atoms. The van der Waals surface area contributed by atoms with E-state index in [0.29, 0.717) is 19.0 Å². The number of nitrogens with zero attached hydrogens (tertiary/aromatic N) is 2. The standard InChI is InChI=1S/C13H22N2O4/c1-2-5-14(7-9-3-4-9)13(19)15-8-10(16)6-11(15)12(17)18/h9-11,16H,2-8H2,1H3,(H,17,18)/t10-,11+/m1/s1. The Balaban J connectivity index is 2.03. The smallest absolute Gasteiger partial charge is 0.326 e. The van der Waals surface area contributed by atoms with E-state index in [2.05, 4.69) is 0 Å². The van der Waals surface area contributed by atoms with Crippen LogP contribution in [0.25, 0.3) is 0 Å². The first-order chi connectivity index (χ1) is 9.02. The molecule has 6 heteroatoms. The minimum Gasteiger partial charge on any atom is -0.480 e. The second kappa shape index (κ2) is 5.77. The monoisotopic (exact) mass is 270 g/mol. The van der Waals surface area contributed by atoms with Crippen LogP contribution in [-0.2, 0) is 4.79 Å². The molecule has 2 fully saturated rings. The predicted molar refractivity (Wildman–Crippen MR) is 68.7 cm³/mol. The number of rotatable bonds is 5. The molecule has 1 saturated carbocycles. The maximum absolute atomic E-state index is 12.4. The van der Waals surface area contributed by atoms with E-state index in [4.69, 9.17) is 5.11 Å². The molecule has 0 aromatic carbocycles. The van der Waals surface area contributed by atoms with E-state index in [1.54, 1.807) is 4.90 Å². The van der Waals surface area contributed by atoms with Gasteiger partial charge in [-0.05, 0) is 25.2 Å². The van der Waals surface area contributed by atoms with Gasteiger partial charge in [0.15, 0.2) is 0 Å². The van der Waals surface area contributed by atoms with Gasteiger partial charge in [-0.15, -0.1) is 0 Å². The summed E-state index contributed by atoms with van der Waals surface area (Å²) < 4.78 is 0. The number of aliphatic carboxylic acids is 1. The van der Waals surface area contributed by atoms with Gasteiger partial charge >= 0.3 is 12.0 Å². The molecule has 0 unspecified atom stereocenters. The van der Waals surface area contributed by atoms with E-state index in [0.717, 1.165) is 19.3 Å². The summed E-state index contributed by atoms with van der Waals surface area (Å²) >= 11 is 0. The van der Waals surface area contributed by atoms with E-state index in [9.17, 15) is 14.7 Å². The number of carbonyl (C=O) groups is 2. The lowest BCUT2D eigenvalue weighted by molar-refractivity contribution is -0.141. The Morgan fingerprint density at radius 3 is 2.58 bits per heavy atom. The van der Waals surface area contributed by atoms with Gasteiger partial charge in [0.2, 0.25) is 0 Å². The van der Waals surface area contributed by atoms with Gasteiger partial charge in [0.25, 0.3) is 0 Å². The van der Waals surface area contributed by atoms with Crippen molar-refractivity contribution in [2.75, 3.05) is 19.6 Å². The highest BCUT2D eigenvalue weighted by molar-refractivity contribution is 5.83. The van der Waals surface area contributed by atoms with Gasteiger partial charge in [-0.2, -0.15) is 0 Å². The molecule has 1 aliphatic carbocycles. The van der Waals surface area contributed by atoms with E-state index in [1.807, 2.05) is 6.92 Å². The van der Waals surface area contributed by atoms with E-state index in [-0.39, 0.29) is 19.0 Å². The second-order valence-corrected chi connectivity index (χ2v) is 5.57. The van der Waals surface area contributed by atoms with Gasteiger partial charge in [-0.25, -0.2) is 9.59 Å². The lowest BCUT2D eigenvalue weighted by atomic mass is 10.2. The molecule has 1 heterocycles. The second-order valence-electron chi connectivity index (χ2n) is 5.57. The molecule has 0 aromatic heterocycles. The van der Waals surface area contributed by atoms with Crippen molar-refractivity contribution in [1.82, 2.24) is 9.80 Å². The molecule has 108 valence electrons. The van der Waals surface area contributed by atoms with Gasteiger partial charge in [-0.1, -0.05) is 6.92 Å². The summed E-state index contributed by atoms with van der Waals surface area (Å²) in [5.74, 6) is -0.459. The SMILES string of the molecule is CCCN(CC1CC1)C(=O)N1C[C@H](O)C[C@H]1C(=O)O. The first-order valence-corrected chi connectivity index (χ1v) is 6.99. The Morgan fingerprint density at radius 2 is 2.05 bits per heavy atom. The van der Waals surface area contributed by atoms with Gasteiger partial charge in [0, 0.05) is 26.1 Å². The number of carboxylic acids is 1. The van der Waals surface area contributed by atoms with E-state index >= 15 is 0 Å². The van der Waals surface area contributed by atoms with Crippen LogP contribution in [0.4, 0.5) is 4.79 Å². The third-order valence-electron chi connectivity index (χ3n) is 3.75. The Bertz CT molecular complexity index is 357. The summed E-state index contributed by atoms with van der Waals surface area (Å²) in [7, 11) is 0. The normalized spacial score (nSPS) is 26.5. The highest BCUT2D eigenvalue weighted by Gasteiger charge is 2.41. The Hall–Kier alpha value is -1.30. The first-order valence-electron chi connectivity index (χ1n) is 6.99. The van der Waals surface area contributed by atoms with Crippen LogP contribution in [0.3, 0.4) is 0 Å². The number of amides is 2. The zero-order chi connectivity index (χ0) is 14.0. The Kier molecular flexibility index (Phi) is 4.29. The van der Waals surface area contributed by atoms with Crippen molar-refractivity contribution in [3.63, 3.8) is 0 Å². The number of carboxylic acid groups (broad SMARTS) is 1. The Morgan fingerprint density at radius 1 is 1.37 bits per heavy atom. The minimum absolute atomic E-state index is 0.126. The van der Waals surface area contributed by atoms with Crippen molar-refractivity contribution in [3.8, 4) is 0 Å². The molecule has 2 atom stereocenters. The van der Waals surface area contributed by atoms with Crippen molar-refractivity contribution in [2.45, 2.75) is 44.8 Å². The molecule has 1 saturated heterocycles. The number of hydrogen-bond acceptors (Lipinski definition) is 3. The van der Waals surface area contributed by atoms with Crippen LogP contribution in [0.2, 0.25) is 0 Å². The summed E-state index contributed by atoms with van der Waals surface area (Å²) in [4.78, 5) is 26.6. The number of β-amino-alcohol motifs (C(OH)–C–C–N with tert-alkyl or cyclic N) is 1. The van der Waals surface area contributed by atoms with E-state index in [1.165, 1.54) is 4.90 Å². The third-order valence-corrected chi connectivity index (χ3v) is 3.75. The molecule has 2 rings (SSSR count). The highest BCUT2D eigenvalue weighted by Crippen LogP contribution is 2.30. The number of urea groups is 1. The molecule has 0 bridgehead atoms. The fraction of sp³-hybridized carbons (Fsp3) is 0.846. The van der Waals surface area contributed by atoms with E-state index < -0.39 is 18.1 Å². The van der Waals surface area contributed by atoms with Crippen LogP contribution in [-0.4, -0.2) is 63.8 Å². The van der Waals surface area contributed by atoms with Crippen LogP contribution in [0.5, 0.6) is 0 Å². The van der Waals surface area contributed by atoms with Crippen molar-refractivity contribution in [2.24, 2.45) is 5.92 Å². The summed E-state index contributed by atoms with van der Waals surface area (Å²) in [6.07, 6.45) is 2.56. The zero-order valence-electron chi connectivity index (χ0n) is 11.3. The summed E-state index contributed by atoms with van der Waals surface area (Å²) in [5, 5.41) is 18.7. The summed E-state index contributed by atoms with van der Waals surface area (Å²) in [6.45, 7) is 3.49. The van der Waals surface area contributed by atoms with Crippen LogP contribution >= 0.6 is 0 Å². The Labute approximate surface area is 113 Å². The third kappa shape index (κ3) is 3.37. The zero-order valence-corrected chi connectivity index (χ0v) is 11.3. The average Bonchev–Trinajstić information content (AvgIpc) is 3.08. The molecule has 0 radical (unpaired) electrons. The number of hydrogen-bond donors (Lipinski definition) is 2. The van der Waals surface area contributed by atoms with Gasteiger partial charge in [0.1, 0.15) is 6.04 Å². The maximum Gasteiger partial charge on any atom is 0.326 e. The molecule has 2 aliphatic rings. The van der Waals surface area contributed by atoms with Gasteiger partial charge in [0.05, 0.1) is 6.10 Å². The van der Waals surface area contributed by atoms with Crippen LogP contribution in [0.15, 0.2) is 0 Å². The topological polar surface area (TPSA) is 81.1 Å². The summed E-state index contributed by atoms with van der Waals surface area (Å²) in [5.41, 5.74) is 0. The number of likely N-dealkylation sites (tertiary alicyclic amines) is 1. The van der Waals surface area contributed by atoms with Crippen LogP contribution < -0.4 is 0 Å². The van der Waals surface area contributed by atoms with Crippen molar-refractivity contribution in [3.05, 3.63) is 0 Å². The van der Waals surface area contributed by atoms with Crippen molar-refractivity contribution >= 4 is 12.0 Å². The number of aliphatic hydroxyl groups excluding tert-OH is 1. The summed E-state index contributed by atoms with van der Waals surface area (Å²) in [6, 6.07) is -1.13. The lowest BCUT2D eigenvalue weighted by Gasteiger charge is -2.30. The quantitative estimate of drug-likeness (QED) is 0.772. The number of carbonyl (C=O) groups excluding carboxylic acids is 1. The fourth-order valence-electron chi connectivity index (χ4n) is 2.59. The molecule has 6 nitrogen and oxygen atoms in total. The first kappa shape index (κ1) is 14.1. The molecule has 1 aliphatic heterocycles. The molecule has 0 aromatic rings. The predicted octanol–water partition coefficient (Wildman–Crippen LogP) is 0.748. The number of aliphatic hydroxyl groups is 1. The fourth-order valence-corrected chi connectivity index (χ4v) is 2.59. The minimum atomic E-state index is -1.03. The van der Waals surface area contributed by atoms with Crippen molar-refractivity contribution in [1.29, 1.82) is 0 Å². The molecular weight excluding hydrogens is 248 g/mol. The van der Waals surface area contributed by atoms with Crippen molar-refractivity contribution < 1.29 is 19.8 Å². The van der Waals surface area contributed by atoms with Gasteiger partial charge in [-0.3, -0.25) is 0 Å². The average molecular weight is 270 g/mol. The van der Waals surface area contributed by atoms with Gasteiger partial charge < -0.3 is 20.0 Å². The molecule has 2 N–H and O–H groups in total. The highest BCUT2D eigenvalue weighted by atomic mass is 16.4. The molecule has 19 heavy (non-hydrogen) atoms. The lowest BCUT2D eigenvalue weighted by Crippen LogP contribution is -2.49. The van der Waals surface area contributed by atoms with Crippen LogP contribution in [0.1, 0.15) is 32.6 Å². The molecule has 2 amide bonds. The van der Waals surface area contributed by atoms with Crippen LogP contribution in [0, 0.1) is 5.92 Å². The molecular formula is C13H22N2O4. The maximum atomic E-state index is 12.4. The largest absolute Gasteiger partial charge is 0.480 e.